The summed E-state index contributed by atoms with van der Waals surface area (Å²) in [5, 5.41) is 7.28. The highest BCUT2D eigenvalue weighted by Crippen LogP contribution is 2.14. The topological polar surface area (TPSA) is 60.2 Å². The number of benzene rings is 1. The smallest absolute Gasteiger partial charge is 0.223 e. The van der Waals surface area contributed by atoms with Gasteiger partial charge in [0.15, 0.2) is 6.61 Å². The van der Waals surface area contributed by atoms with Crippen molar-refractivity contribution < 1.29 is 9.26 Å². The summed E-state index contributed by atoms with van der Waals surface area (Å²) in [5.74, 6) is 1.93. The number of hydrogen-bond donors (Lipinski definition) is 1. The second kappa shape index (κ2) is 7.78. The van der Waals surface area contributed by atoms with Gasteiger partial charge in [-0.2, -0.15) is 4.98 Å². The van der Waals surface area contributed by atoms with Crippen LogP contribution in [0, 0.1) is 6.92 Å². The molecule has 2 rings (SSSR count). The SMILES string of the molecule is CCCNC(C)Cc1ccc(OCc2noc(C)n2)cc1. The highest BCUT2D eigenvalue weighted by molar-refractivity contribution is 5.27. The summed E-state index contributed by atoms with van der Waals surface area (Å²) in [5.41, 5.74) is 1.30. The molecule has 0 saturated heterocycles. The number of hydrogen-bond acceptors (Lipinski definition) is 5. The summed E-state index contributed by atoms with van der Waals surface area (Å²) < 4.78 is 10.5. The lowest BCUT2D eigenvalue weighted by Crippen LogP contribution is -2.28. The predicted molar refractivity (Wildman–Crippen MR) is 81.3 cm³/mol. The zero-order valence-corrected chi connectivity index (χ0v) is 12.9. The zero-order valence-electron chi connectivity index (χ0n) is 12.9. The number of nitrogens with zero attached hydrogens (tertiary/aromatic N) is 2. The molecule has 5 nitrogen and oxygen atoms in total. The first-order valence-electron chi connectivity index (χ1n) is 7.41. The van der Waals surface area contributed by atoms with Crippen LogP contribution in [0.25, 0.3) is 0 Å². The van der Waals surface area contributed by atoms with E-state index < -0.39 is 0 Å². The summed E-state index contributed by atoms with van der Waals surface area (Å²) in [6.07, 6.45) is 2.18. The molecular weight excluding hydrogens is 266 g/mol. The van der Waals surface area contributed by atoms with Gasteiger partial charge in [-0.15, -0.1) is 0 Å². The normalized spacial score (nSPS) is 12.3. The first-order chi connectivity index (χ1) is 10.2. The van der Waals surface area contributed by atoms with E-state index in [-0.39, 0.29) is 0 Å². The average Bonchev–Trinajstić information content (AvgIpc) is 2.90. The molecule has 1 unspecified atom stereocenters. The van der Waals surface area contributed by atoms with Gasteiger partial charge in [0.25, 0.3) is 0 Å². The van der Waals surface area contributed by atoms with Gasteiger partial charge in [-0.1, -0.05) is 24.2 Å². The van der Waals surface area contributed by atoms with Crippen LogP contribution < -0.4 is 10.1 Å². The summed E-state index contributed by atoms with van der Waals surface area (Å²) in [4.78, 5) is 4.10. The quantitative estimate of drug-likeness (QED) is 0.809. The maximum atomic E-state index is 5.63. The van der Waals surface area contributed by atoms with Crippen LogP contribution in [0.15, 0.2) is 28.8 Å². The lowest BCUT2D eigenvalue weighted by molar-refractivity contribution is 0.285. The van der Waals surface area contributed by atoms with E-state index in [0.29, 0.717) is 24.4 Å². The van der Waals surface area contributed by atoms with Crippen LogP contribution >= 0.6 is 0 Å². The predicted octanol–water partition coefficient (Wildman–Crippen LogP) is 2.89. The monoisotopic (exact) mass is 289 g/mol. The van der Waals surface area contributed by atoms with Crippen LogP contribution in [0.2, 0.25) is 0 Å². The van der Waals surface area contributed by atoms with Crippen LogP contribution in [0.5, 0.6) is 5.75 Å². The molecule has 0 bridgehead atoms. The Morgan fingerprint density at radius 2 is 2.05 bits per heavy atom. The van der Waals surface area contributed by atoms with E-state index >= 15 is 0 Å². The van der Waals surface area contributed by atoms with Crippen molar-refractivity contribution in [1.29, 1.82) is 0 Å². The van der Waals surface area contributed by atoms with Gasteiger partial charge in [-0.25, -0.2) is 0 Å². The lowest BCUT2D eigenvalue weighted by Gasteiger charge is -2.13. The van der Waals surface area contributed by atoms with Crippen molar-refractivity contribution in [2.24, 2.45) is 0 Å². The van der Waals surface area contributed by atoms with Crippen molar-refractivity contribution in [3.63, 3.8) is 0 Å². The largest absolute Gasteiger partial charge is 0.485 e. The molecule has 1 N–H and O–H groups in total. The molecular formula is C16H23N3O2. The van der Waals surface area contributed by atoms with E-state index in [1.54, 1.807) is 6.92 Å². The third kappa shape index (κ3) is 5.19. The third-order valence-corrected chi connectivity index (χ3v) is 3.15. The minimum Gasteiger partial charge on any atom is -0.485 e. The highest BCUT2D eigenvalue weighted by atomic mass is 16.5. The fraction of sp³-hybridized carbons (Fsp3) is 0.500. The third-order valence-electron chi connectivity index (χ3n) is 3.15. The number of aryl methyl sites for hydroxylation is 1. The molecule has 1 atom stereocenters. The number of nitrogens with one attached hydrogen (secondary N) is 1. The van der Waals surface area contributed by atoms with E-state index in [9.17, 15) is 0 Å². The Balaban J connectivity index is 1.81. The van der Waals surface area contributed by atoms with Gasteiger partial charge in [0.05, 0.1) is 0 Å². The van der Waals surface area contributed by atoms with Crippen LogP contribution in [0.4, 0.5) is 0 Å². The minimum absolute atomic E-state index is 0.325. The Morgan fingerprint density at radius 1 is 1.29 bits per heavy atom. The maximum absolute atomic E-state index is 5.63. The fourth-order valence-electron chi connectivity index (χ4n) is 2.09. The zero-order chi connectivity index (χ0) is 15.1. The van der Waals surface area contributed by atoms with Gasteiger partial charge in [-0.3, -0.25) is 0 Å². The minimum atomic E-state index is 0.325. The van der Waals surface area contributed by atoms with Crippen LogP contribution in [0.1, 0.15) is 37.5 Å². The molecule has 1 aromatic heterocycles. The van der Waals surface area contributed by atoms with E-state index in [1.807, 2.05) is 12.1 Å². The molecule has 0 aliphatic heterocycles. The first kappa shape index (κ1) is 15.5. The number of ether oxygens (including phenoxy) is 1. The molecule has 1 heterocycles. The van der Waals surface area contributed by atoms with E-state index in [0.717, 1.165) is 25.1 Å². The fourth-order valence-corrected chi connectivity index (χ4v) is 2.09. The molecule has 0 saturated carbocycles. The Kier molecular flexibility index (Phi) is 5.75. The summed E-state index contributed by atoms with van der Waals surface area (Å²) >= 11 is 0. The van der Waals surface area contributed by atoms with Crippen molar-refractivity contribution in [3.05, 3.63) is 41.5 Å². The number of aromatic nitrogens is 2. The Bertz CT molecular complexity index is 537. The second-order valence-corrected chi connectivity index (χ2v) is 5.22. The van der Waals surface area contributed by atoms with Crippen molar-refractivity contribution in [2.75, 3.05) is 6.54 Å². The first-order valence-corrected chi connectivity index (χ1v) is 7.41. The second-order valence-electron chi connectivity index (χ2n) is 5.22. The summed E-state index contributed by atoms with van der Waals surface area (Å²) in [6, 6.07) is 8.64. The van der Waals surface area contributed by atoms with Crippen molar-refractivity contribution in [1.82, 2.24) is 15.5 Å². The number of rotatable bonds is 8. The standard InChI is InChI=1S/C16H23N3O2/c1-4-9-17-12(2)10-14-5-7-15(8-6-14)20-11-16-18-13(3)21-19-16/h5-8,12,17H,4,9-11H2,1-3H3. The van der Waals surface area contributed by atoms with Gasteiger partial charge in [0.2, 0.25) is 11.7 Å². The van der Waals surface area contributed by atoms with Gasteiger partial charge in [0, 0.05) is 13.0 Å². The van der Waals surface area contributed by atoms with Gasteiger partial charge < -0.3 is 14.6 Å². The van der Waals surface area contributed by atoms with E-state index in [4.69, 9.17) is 9.26 Å². The van der Waals surface area contributed by atoms with E-state index in [2.05, 4.69) is 41.4 Å². The van der Waals surface area contributed by atoms with Crippen LogP contribution in [-0.2, 0) is 13.0 Å². The molecule has 5 heteroatoms. The van der Waals surface area contributed by atoms with Gasteiger partial charge in [0.1, 0.15) is 5.75 Å². The molecule has 0 spiro atoms. The van der Waals surface area contributed by atoms with E-state index in [1.165, 1.54) is 5.56 Å². The Hall–Kier alpha value is -1.88. The Labute approximate surface area is 125 Å². The molecule has 1 aromatic carbocycles. The van der Waals surface area contributed by atoms with Crippen molar-refractivity contribution >= 4 is 0 Å². The Morgan fingerprint density at radius 3 is 2.67 bits per heavy atom. The summed E-state index contributed by atoms with van der Waals surface area (Å²) in [6.45, 7) is 7.53. The molecule has 2 aromatic rings. The molecule has 0 aliphatic rings. The van der Waals surface area contributed by atoms with Crippen LogP contribution in [0.3, 0.4) is 0 Å². The molecule has 114 valence electrons. The molecule has 0 fully saturated rings. The highest BCUT2D eigenvalue weighted by Gasteiger charge is 2.05. The lowest BCUT2D eigenvalue weighted by atomic mass is 10.1. The average molecular weight is 289 g/mol. The maximum Gasteiger partial charge on any atom is 0.223 e. The molecule has 0 amide bonds. The molecule has 21 heavy (non-hydrogen) atoms. The van der Waals surface area contributed by atoms with Gasteiger partial charge >= 0.3 is 0 Å². The van der Waals surface area contributed by atoms with Crippen molar-refractivity contribution in [2.45, 2.75) is 46.3 Å². The molecule has 0 radical (unpaired) electrons. The molecule has 0 aliphatic carbocycles. The van der Waals surface area contributed by atoms with Gasteiger partial charge in [-0.05, 0) is 44.0 Å². The summed E-state index contributed by atoms with van der Waals surface area (Å²) in [7, 11) is 0. The van der Waals surface area contributed by atoms with Crippen molar-refractivity contribution in [3.8, 4) is 5.75 Å². The van der Waals surface area contributed by atoms with Crippen LogP contribution in [-0.4, -0.2) is 22.7 Å².